The van der Waals surface area contributed by atoms with Crippen molar-refractivity contribution in [1.82, 2.24) is 10.0 Å². The van der Waals surface area contributed by atoms with Gasteiger partial charge < -0.3 is 34.5 Å². The Morgan fingerprint density at radius 1 is 0.411 bits per heavy atom. The predicted molar refractivity (Wildman–Crippen MR) is 449 cm³/mol. The number of aliphatic imine (C=N–C) groups is 3. The fraction of sp³-hybridized carbons (Fsp3) is 0.593. The Balaban J connectivity index is -0.000000208. The van der Waals surface area contributed by atoms with Gasteiger partial charge in [0.15, 0.2) is 47.8 Å². The van der Waals surface area contributed by atoms with Gasteiger partial charge in [-0.15, -0.1) is 13.2 Å². The highest BCUT2D eigenvalue weighted by Crippen LogP contribution is 2.26. The third kappa shape index (κ3) is 112. The van der Waals surface area contributed by atoms with Crippen LogP contribution >= 0.6 is 12.6 Å². The molecule has 23 nitrogen and oxygen atoms in total. The van der Waals surface area contributed by atoms with E-state index in [1.807, 2.05) is 40.7 Å². The first kappa shape index (κ1) is 135. The number of rotatable bonds is 32. The van der Waals surface area contributed by atoms with Crippen molar-refractivity contribution in [2.24, 2.45) is 41.2 Å². The summed E-state index contributed by atoms with van der Waals surface area (Å²) in [5.41, 5.74) is 16.0. The van der Waals surface area contributed by atoms with E-state index in [1.165, 1.54) is 97.3 Å². The Hall–Kier alpha value is -9.74. The van der Waals surface area contributed by atoms with Gasteiger partial charge in [-0.25, -0.2) is 4.99 Å². The molecule has 0 radical (unpaired) electrons. The smallest absolute Gasteiger partial charge is 0.388 e. The van der Waals surface area contributed by atoms with Crippen LogP contribution in [0.3, 0.4) is 0 Å². The highest BCUT2D eigenvalue weighted by Gasteiger charge is 2.34. The molecule has 3 aromatic carbocycles. The summed E-state index contributed by atoms with van der Waals surface area (Å²) in [6, 6.07) is 18.8. The molecule has 0 amide bonds. The SMILES string of the molecule is CC(=O)CCCCC(F)(F)F.CC(=O)CCCOC(F)(F)F.CC(=O)CCOCC(F)(F)F.CC(=O)CN(C)/N=C(\C)C(F)(F)F.CC(=O)CN(C)/N=C/C(F)(F)F.CC(=O)CO/N=C(\C)C(F)(F)F.CC(=O)CO/N=C/C(F)(F)F.CC(=O)COCCC(F)(F)F.CC(C)=Nc1cc(C)ccc1C.CC(CS)=Nc1cc(C)ccc1C.CC(N)=Nc1cc(C)ccc1C. The van der Waals surface area contributed by atoms with E-state index in [-0.39, 0.29) is 117 Å². The van der Waals surface area contributed by atoms with E-state index in [4.69, 9.17) is 5.73 Å². The van der Waals surface area contributed by atoms with Crippen molar-refractivity contribution in [2.45, 2.75) is 239 Å². The van der Waals surface area contributed by atoms with Gasteiger partial charge in [-0.05, 0) is 209 Å². The molecule has 0 spiro atoms. The number of carbonyl (C=O) groups excluding carboxylic acids is 8. The van der Waals surface area contributed by atoms with E-state index < -0.39 is 107 Å². The summed E-state index contributed by atoms with van der Waals surface area (Å²) >= 11 is 4.18. The van der Waals surface area contributed by atoms with Crippen molar-refractivity contribution in [1.29, 1.82) is 0 Å². The number of alkyl halides is 24. The second kappa shape index (κ2) is 71.1. The maximum Gasteiger partial charge on any atom is 0.522 e. The zero-order valence-corrected chi connectivity index (χ0v) is 76.4. The quantitative estimate of drug-likeness (QED) is 0.0147. The maximum absolute atomic E-state index is 11.9. The fourth-order valence-corrected chi connectivity index (χ4v) is 6.97. The number of thiol groups is 1. The fourth-order valence-electron chi connectivity index (χ4n) is 6.90. The Morgan fingerprint density at radius 2 is 0.798 bits per heavy atom. The van der Waals surface area contributed by atoms with Crippen LogP contribution in [0.5, 0.6) is 0 Å². The minimum atomic E-state index is -4.57. The number of halogens is 24. The van der Waals surface area contributed by atoms with Crippen molar-refractivity contribution in [3.63, 3.8) is 0 Å². The molecule has 0 saturated carbocycles. The summed E-state index contributed by atoms with van der Waals surface area (Å²) in [6.45, 7) is 28.4. The summed E-state index contributed by atoms with van der Waals surface area (Å²) in [4.78, 5) is 103. The average molecular weight is 1930 g/mol. The number of hydrogen-bond donors (Lipinski definition) is 2. The second-order valence-electron chi connectivity index (χ2n) is 27.5. The van der Waals surface area contributed by atoms with Crippen LogP contribution in [-0.4, -0.2) is 226 Å². The van der Waals surface area contributed by atoms with Crippen LogP contribution in [0, 0.1) is 41.5 Å². The number of Topliss-reactive ketones (excluding diaryl/α,β-unsaturated/α-hetero) is 8. The number of hydrazone groups is 2. The standard InChI is InChI=1S/C11H15NS.C11H15N.C10H14N2.C7H11F3N2O.C7H11F3O.C6H9F3N2O.C6H8F3NO2.3C6H9F3O2.C5H6F3NO2/c1-8-4-5-9(2)11(6-8)12-10(3)7-13;1-8(2)12-11-7-9(3)5-6-10(11)4;1-7-4-5-8(2)10(6-7)12-9(3)11;1-5(13)4-12(3)11-6(2)7(8,9)10;1-6(11)4-2-3-5-7(8,9)10;1-5(12)3-11(2)10-4-6(7,8)9;1-4(11)3-12-10-5(2)6(7,8)9;1-5(10)4-11-3-2-6(7,8)9;1-5(10)2-3-11-4-6(7,8)9;1-5(10)3-2-4-11-6(7,8)9;1-4(10)2-11-9-3-5(6,7)8/h4-6,13H,7H2,1-3H3;5-7H,1-4H3;4-6H,1-3H3,(H2,11,12);4H2,1-3H3;2-5H2,1H3;4H,3H2,1-2H3;3H2,1-2H3;3*2-4H2,1H3;3H,2H2,1H3/b;;;11-6+;;10-4+;10-5+;;;;9-3+. The number of unbranched alkanes of at least 4 members (excludes halogenated alkanes) is 1. The summed E-state index contributed by atoms with van der Waals surface area (Å²) in [6.07, 6.45) is -36.3. The number of amidine groups is 1. The molecule has 0 heterocycles. The first-order valence-corrected chi connectivity index (χ1v) is 38.3. The maximum atomic E-state index is 11.9. The Kier molecular flexibility index (Phi) is 74.2. The van der Waals surface area contributed by atoms with Crippen LogP contribution in [0.25, 0.3) is 0 Å². The first-order valence-electron chi connectivity index (χ1n) is 37.6. The molecule has 3 aromatic rings. The first-order chi connectivity index (χ1) is 58.3. The molecule has 0 bridgehead atoms. The van der Waals surface area contributed by atoms with E-state index in [0.717, 1.165) is 57.9 Å². The number of nitrogens with two attached hydrogens (primary N) is 1. The second-order valence-corrected chi connectivity index (χ2v) is 27.8. The minimum Gasteiger partial charge on any atom is -0.388 e. The largest absolute Gasteiger partial charge is 0.522 e. The number of oxime groups is 2. The molecule has 0 aliphatic heterocycles. The van der Waals surface area contributed by atoms with Gasteiger partial charge in [0.1, 0.15) is 48.7 Å². The van der Waals surface area contributed by atoms with Crippen molar-refractivity contribution in [3.05, 3.63) is 88.0 Å². The van der Waals surface area contributed by atoms with Crippen molar-refractivity contribution < 1.29 is 168 Å². The van der Waals surface area contributed by atoms with Crippen LogP contribution in [-0.2, 0) is 62.2 Å². The summed E-state index contributed by atoms with van der Waals surface area (Å²) < 4.78 is 288. The number of carbonyl (C=O) groups is 8. The molecule has 0 aromatic heterocycles. The Bertz CT molecular complexity index is 3770. The van der Waals surface area contributed by atoms with Gasteiger partial charge in [0.25, 0.3) is 0 Å². The minimum absolute atomic E-state index is 0.0378. The van der Waals surface area contributed by atoms with Gasteiger partial charge in [-0.1, -0.05) is 46.7 Å². The molecule has 2 N–H and O–H groups in total. The van der Waals surface area contributed by atoms with E-state index in [1.54, 1.807) is 6.92 Å². The monoisotopic (exact) mass is 1920 g/mol. The molecule has 742 valence electrons. The molecule has 129 heavy (non-hydrogen) atoms. The van der Waals surface area contributed by atoms with Gasteiger partial charge in [0, 0.05) is 57.0 Å². The highest BCUT2D eigenvalue weighted by molar-refractivity contribution is 7.81. The average Bonchev–Trinajstić information content (AvgIpc) is 0.781. The third-order valence-electron chi connectivity index (χ3n) is 12.6. The van der Waals surface area contributed by atoms with Crippen LogP contribution in [0.15, 0.2) is 90.1 Å². The lowest BCUT2D eigenvalue weighted by Crippen LogP contribution is -2.26. The van der Waals surface area contributed by atoms with Gasteiger partial charge >= 0.3 is 49.6 Å². The number of hydrogen-bond acceptors (Lipinski definition) is 23. The lowest BCUT2D eigenvalue weighted by Gasteiger charge is -2.13. The van der Waals surface area contributed by atoms with Crippen LogP contribution in [0.4, 0.5) is 122 Å². The zero-order chi connectivity index (χ0) is 103. The lowest BCUT2D eigenvalue weighted by atomic mass is 10.1. The molecule has 0 aliphatic rings. The van der Waals surface area contributed by atoms with Gasteiger partial charge in [-0.3, -0.25) is 53.5 Å². The normalized spacial score (nSPS) is 11.8. The number of likely N-dealkylation sites (N-methyl/N-ethyl adjacent to an activating group) is 2. The van der Waals surface area contributed by atoms with E-state index >= 15 is 0 Å². The molecular weight excluding hydrogens is 1810 g/mol. The number of ketones is 8. The number of benzene rings is 3. The number of nitrogens with zero attached hydrogens (tertiary/aromatic N) is 9. The van der Waals surface area contributed by atoms with Gasteiger partial charge in [0.05, 0.1) is 62.2 Å². The number of aryl methyl sites for hydroxylation is 6. The Morgan fingerprint density at radius 3 is 1.14 bits per heavy atom. The van der Waals surface area contributed by atoms with E-state index in [2.05, 4.69) is 148 Å². The van der Waals surface area contributed by atoms with Gasteiger partial charge in [0.2, 0.25) is 0 Å². The molecule has 0 saturated heterocycles. The van der Waals surface area contributed by atoms with Crippen LogP contribution in [0.2, 0.25) is 0 Å². The highest BCUT2D eigenvalue weighted by atomic mass is 32.1. The topological polar surface area (TPSA) is 302 Å². The molecular formula is C81H116F24N10O13S. The summed E-state index contributed by atoms with van der Waals surface area (Å²) in [5.74, 6) is -0.546. The van der Waals surface area contributed by atoms with Crippen LogP contribution < -0.4 is 5.73 Å². The van der Waals surface area contributed by atoms with E-state index in [9.17, 15) is 144 Å². The summed E-state index contributed by atoms with van der Waals surface area (Å²) in [5, 5.41) is 13.3. The van der Waals surface area contributed by atoms with Gasteiger partial charge in [-0.2, -0.15) is 115 Å². The molecule has 0 atom stereocenters. The molecule has 0 unspecified atom stereocenters. The molecule has 0 aliphatic carbocycles. The Labute approximate surface area is 740 Å². The number of ether oxygens (including phenoxy) is 3. The van der Waals surface area contributed by atoms with Crippen LogP contribution in [0.1, 0.15) is 182 Å². The predicted octanol–water partition coefficient (Wildman–Crippen LogP) is 21.9. The van der Waals surface area contributed by atoms with E-state index in [0.29, 0.717) is 18.0 Å². The third-order valence-corrected chi connectivity index (χ3v) is 13.1. The summed E-state index contributed by atoms with van der Waals surface area (Å²) in [7, 11) is 2.61. The molecule has 48 heteroatoms. The van der Waals surface area contributed by atoms with Crippen molar-refractivity contribution >= 4 is 117 Å². The zero-order valence-electron chi connectivity index (χ0n) is 75.5. The molecule has 3 rings (SSSR count). The lowest BCUT2D eigenvalue weighted by molar-refractivity contribution is -0.324. The van der Waals surface area contributed by atoms with Crippen molar-refractivity contribution in [2.75, 3.05) is 79.2 Å². The molecule has 0 fully saturated rings. The van der Waals surface area contributed by atoms with Crippen molar-refractivity contribution in [3.8, 4) is 0 Å².